The van der Waals surface area contributed by atoms with E-state index in [9.17, 15) is 14.4 Å². The summed E-state index contributed by atoms with van der Waals surface area (Å²) in [5.41, 5.74) is 0.741. The molecule has 1 N–H and O–H groups in total. The van der Waals surface area contributed by atoms with Crippen molar-refractivity contribution < 1.29 is 23.9 Å². The summed E-state index contributed by atoms with van der Waals surface area (Å²) in [5, 5.41) is 3.22. The molecule has 0 radical (unpaired) electrons. The Morgan fingerprint density at radius 3 is 2.39 bits per heavy atom. The Bertz CT molecular complexity index is 704. The number of hydrogen-bond acceptors (Lipinski definition) is 6. The summed E-state index contributed by atoms with van der Waals surface area (Å²) in [7, 11) is 0. The highest BCUT2D eigenvalue weighted by molar-refractivity contribution is 7.18. The maximum absolute atomic E-state index is 12.5. The molecule has 28 heavy (non-hydrogen) atoms. The summed E-state index contributed by atoms with van der Waals surface area (Å²) >= 11 is 1.08. The molecule has 6 nitrogen and oxygen atoms in total. The van der Waals surface area contributed by atoms with E-state index in [0.717, 1.165) is 37.0 Å². The van der Waals surface area contributed by atoms with Gasteiger partial charge in [0.25, 0.3) is 0 Å². The molecule has 1 aromatic heterocycles. The van der Waals surface area contributed by atoms with Gasteiger partial charge in [0.15, 0.2) is 0 Å². The van der Waals surface area contributed by atoms with Gasteiger partial charge in [-0.05, 0) is 44.1 Å². The van der Waals surface area contributed by atoms with E-state index in [4.69, 9.17) is 9.47 Å². The second-order valence-corrected chi connectivity index (χ2v) is 8.75. The van der Waals surface area contributed by atoms with E-state index < -0.39 is 11.9 Å². The summed E-state index contributed by atoms with van der Waals surface area (Å²) in [4.78, 5) is 37.8. The molecule has 0 unspecified atom stereocenters. The van der Waals surface area contributed by atoms with Gasteiger partial charge in [-0.2, -0.15) is 0 Å². The van der Waals surface area contributed by atoms with Gasteiger partial charge < -0.3 is 14.8 Å². The monoisotopic (exact) mass is 409 g/mol. The van der Waals surface area contributed by atoms with Crippen molar-refractivity contribution in [2.75, 3.05) is 18.5 Å². The average Bonchev–Trinajstić information content (AvgIpc) is 2.96. The molecule has 1 amide bonds. The third-order valence-electron chi connectivity index (χ3n) is 4.81. The molecule has 1 heterocycles. The minimum absolute atomic E-state index is 0.124. The van der Waals surface area contributed by atoms with E-state index in [1.54, 1.807) is 13.8 Å². The lowest BCUT2D eigenvalue weighted by atomic mass is 9.87. The molecule has 2 rings (SSSR count). The van der Waals surface area contributed by atoms with E-state index in [1.165, 1.54) is 6.42 Å². The van der Waals surface area contributed by atoms with Gasteiger partial charge in [0.1, 0.15) is 9.88 Å². The predicted octanol–water partition coefficient (Wildman–Crippen LogP) is 4.95. The predicted molar refractivity (Wildman–Crippen MR) is 110 cm³/mol. The summed E-state index contributed by atoms with van der Waals surface area (Å²) in [6.45, 7) is 7.83. The van der Waals surface area contributed by atoms with Crippen LogP contribution in [0.2, 0.25) is 0 Å². The molecule has 0 aliphatic heterocycles. The van der Waals surface area contributed by atoms with Crippen LogP contribution in [0.5, 0.6) is 0 Å². The van der Waals surface area contributed by atoms with Crippen molar-refractivity contribution in [1.29, 1.82) is 0 Å². The van der Waals surface area contributed by atoms with Crippen LogP contribution in [-0.4, -0.2) is 31.1 Å². The van der Waals surface area contributed by atoms with Gasteiger partial charge in [-0.1, -0.05) is 33.1 Å². The van der Waals surface area contributed by atoms with E-state index >= 15 is 0 Å². The first-order valence-electron chi connectivity index (χ1n) is 10.1. The Morgan fingerprint density at radius 1 is 1.11 bits per heavy atom. The first-order valence-corrected chi connectivity index (χ1v) is 10.9. The Kier molecular flexibility index (Phi) is 8.48. The van der Waals surface area contributed by atoms with E-state index in [-0.39, 0.29) is 24.0 Å². The van der Waals surface area contributed by atoms with E-state index in [0.29, 0.717) is 34.4 Å². The number of esters is 2. The first kappa shape index (κ1) is 22.4. The second-order valence-electron chi connectivity index (χ2n) is 7.73. The lowest BCUT2D eigenvalue weighted by molar-refractivity contribution is -0.117. The molecule has 7 heteroatoms. The molecule has 1 fully saturated rings. The van der Waals surface area contributed by atoms with Crippen molar-refractivity contribution in [2.24, 2.45) is 11.8 Å². The van der Waals surface area contributed by atoms with Crippen molar-refractivity contribution in [3.8, 4) is 0 Å². The molecule has 1 aromatic rings. The topological polar surface area (TPSA) is 81.7 Å². The average molecular weight is 410 g/mol. The maximum atomic E-state index is 12.5. The molecule has 1 aliphatic rings. The normalized spacial score (nSPS) is 14.8. The lowest BCUT2D eigenvalue weighted by Crippen LogP contribution is -2.19. The van der Waals surface area contributed by atoms with Crippen LogP contribution in [0.25, 0.3) is 0 Å². The fourth-order valence-electron chi connectivity index (χ4n) is 3.38. The maximum Gasteiger partial charge on any atom is 0.348 e. The summed E-state index contributed by atoms with van der Waals surface area (Å²) in [6.07, 6.45) is 6.12. The quantitative estimate of drug-likeness (QED) is 0.614. The van der Waals surface area contributed by atoms with Gasteiger partial charge in [0.05, 0.1) is 18.8 Å². The van der Waals surface area contributed by atoms with E-state index in [1.807, 2.05) is 13.8 Å². The van der Waals surface area contributed by atoms with Crippen molar-refractivity contribution in [3.05, 3.63) is 16.0 Å². The van der Waals surface area contributed by atoms with Crippen LogP contribution in [0.3, 0.4) is 0 Å². The number of carbonyl (C=O) groups excluding carboxylic acids is 3. The number of rotatable bonds is 8. The zero-order valence-corrected chi connectivity index (χ0v) is 18.1. The standard InChI is InChI=1S/C21H31NO5S/c1-5-26-20(24)17-14(4)18(21(25)27-12-13(2)3)28-19(17)22-16(23)11-15-9-7-6-8-10-15/h13,15H,5-12H2,1-4H3,(H,22,23). The third-order valence-corrected chi connectivity index (χ3v) is 6.00. The fraction of sp³-hybridized carbons (Fsp3) is 0.667. The molecular weight excluding hydrogens is 378 g/mol. The highest BCUT2D eigenvalue weighted by atomic mass is 32.1. The number of thiophene rings is 1. The van der Waals surface area contributed by atoms with E-state index in [2.05, 4.69) is 5.32 Å². The molecule has 0 atom stereocenters. The van der Waals surface area contributed by atoms with Crippen molar-refractivity contribution in [2.45, 2.75) is 66.2 Å². The highest BCUT2D eigenvalue weighted by Gasteiger charge is 2.28. The zero-order valence-electron chi connectivity index (χ0n) is 17.3. The Labute approximate surface area is 171 Å². The molecule has 0 bridgehead atoms. The molecule has 156 valence electrons. The number of carbonyl (C=O) groups is 3. The molecule has 0 spiro atoms. The van der Waals surface area contributed by atoms with Crippen LogP contribution in [0.1, 0.15) is 84.9 Å². The molecule has 1 saturated carbocycles. The van der Waals surface area contributed by atoms with Gasteiger partial charge >= 0.3 is 11.9 Å². The number of nitrogens with one attached hydrogen (secondary N) is 1. The first-order chi connectivity index (χ1) is 13.3. The van der Waals surface area contributed by atoms with Crippen molar-refractivity contribution in [3.63, 3.8) is 0 Å². The summed E-state index contributed by atoms with van der Waals surface area (Å²) in [5.74, 6) is -0.540. The SMILES string of the molecule is CCOC(=O)c1c(NC(=O)CC2CCCCC2)sc(C(=O)OCC(C)C)c1C. The third kappa shape index (κ3) is 6.06. The Balaban J connectivity index is 2.19. The van der Waals surface area contributed by atoms with Gasteiger partial charge in [0, 0.05) is 6.42 Å². The fourth-order valence-corrected chi connectivity index (χ4v) is 4.49. The minimum atomic E-state index is -0.535. The smallest absolute Gasteiger partial charge is 0.348 e. The van der Waals surface area contributed by atoms with Crippen LogP contribution in [0, 0.1) is 18.8 Å². The van der Waals surface area contributed by atoms with Gasteiger partial charge in [-0.15, -0.1) is 11.3 Å². The summed E-state index contributed by atoms with van der Waals surface area (Å²) < 4.78 is 10.4. The van der Waals surface area contributed by atoms with Crippen LogP contribution < -0.4 is 5.32 Å². The second kappa shape index (κ2) is 10.6. The lowest BCUT2D eigenvalue weighted by Gasteiger charge is -2.20. The van der Waals surface area contributed by atoms with Crippen LogP contribution >= 0.6 is 11.3 Å². The van der Waals surface area contributed by atoms with Gasteiger partial charge in [0.2, 0.25) is 5.91 Å². The van der Waals surface area contributed by atoms with Gasteiger partial charge in [-0.3, -0.25) is 4.79 Å². The summed E-state index contributed by atoms with van der Waals surface area (Å²) in [6, 6.07) is 0. The molecule has 0 saturated heterocycles. The largest absolute Gasteiger partial charge is 0.462 e. The Hall–Kier alpha value is -1.89. The number of hydrogen-bond donors (Lipinski definition) is 1. The highest BCUT2D eigenvalue weighted by Crippen LogP contribution is 2.35. The van der Waals surface area contributed by atoms with Crippen LogP contribution in [-0.2, 0) is 14.3 Å². The molecule has 1 aliphatic carbocycles. The van der Waals surface area contributed by atoms with Crippen LogP contribution in [0.15, 0.2) is 0 Å². The van der Waals surface area contributed by atoms with Gasteiger partial charge in [-0.25, -0.2) is 9.59 Å². The van der Waals surface area contributed by atoms with Crippen molar-refractivity contribution >= 4 is 34.2 Å². The van der Waals surface area contributed by atoms with Crippen molar-refractivity contribution in [1.82, 2.24) is 0 Å². The van der Waals surface area contributed by atoms with Crippen LogP contribution in [0.4, 0.5) is 5.00 Å². The zero-order chi connectivity index (χ0) is 20.7. The number of anilines is 1. The minimum Gasteiger partial charge on any atom is -0.462 e. The Morgan fingerprint density at radius 2 is 1.79 bits per heavy atom. The molecular formula is C21H31NO5S. The molecule has 0 aromatic carbocycles. The number of amides is 1. The number of ether oxygens (including phenoxy) is 2.